The van der Waals surface area contributed by atoms with Crippen LogP contribution in [0.25, 0.3) is 0 Å². The minimum absolute atomic E-state index is 0.0840. The number of alkyl carbamates (subject to hydrolysis) is 1. The van der Waals surface area contributed by atoms with E-state index in [0.717, 1.165) is 13.0 Å². The minimum Gasteiger partial charge on any atom is -0.444 e. The van der Waals surface area contributed by atoms with E-state index >= 15 is 0 Å². The Morgan fingerprint density at radius 3 is 2.36 bits per heavy atom. The van der Waals surface area contributed by atoms with E-state index in [1.54, 1.807) is 0 Å². The Morgan fingerprint density at radius 1 is 1.23 bits per heavy atom. The molecular formula is C17H34N2O3. The highest BCUT2D eigenvalue weighted by molar-refractivity contribution is 5.68. The summed E-state index contributed by atoms with van der Waals surface area (Å²) in [7, 11) is 0. The number of ether oxygens (including phenoxy) is 2. The highest BCUT2D eigenvalue weighted by atomic mass is 16.6. The number of hydrogen-bond donors (Lipinski definition) is 2. The van der Waals surface area contributed by atoms with E-state index < -0.39 is 5.60 Å². The Kier molecular flexibility index (Phi) is 7.63. The van der Waals surface area contributed by atoms with Gasteiger partial charge in [0.15, 0.2) is 0 Å². The normalized spacial score (nSPS) is 25.0. The van der Waals surface area contributed by atoms with Crippen LogP contribution in [0.2, 0.25) is 0 Å². The molecular weight excluding hydrogens is 280 g/mol. The van der Waals surface area contributed by atoms with E-state index in [9.17, 15) is 4.79 Å². The molecule has 0 spiro atoms. The van der Waals surface area contributed by atoms with Gasteiger partial charge in [0.1, 0.15) is 5.60 Å². The highest BCUT2D eigenvalue weighted by Gasteiger charge is 2.43. The standard InChI is InChI=1S/C17H34N2O3/c1-7-12(8-2)11-18-15-13(10-14(15)21-9-3)19-16(20)22-17(4,5)6/h12-15,18H,7-11H2,1-6H3,(H,19,20). The van der Waals surface area contributed by atoms with Gasteiger partial charge >= 0.3 is 6.09 Å². The van der Waals surface area contributed by atoms with Crippen molar-refractivity contribution < 1.29 is 14.3 Å². The minimum atomic E-state index is -0.467. The van der Waals surface area contributed by atoms with Crippen LogP contribution in [0, 0.1) is 5.92 Å². The van der Waals surface area contributed by atoms with E-state index in [1.807, 2.05) is 27.7 Å². The van der Waals surface area contributed by atoms with Crippen molar-refractivity contribution in [2.45, 2.75) is 84.6 Å². The summed E-state index contributed by atoms with van der Waals surface area (Å²) in [6.07, 6.45) is 3.01. The first-order valence-corrected chi connectivity index (χ1v) is 8.65. The van der Waals surface area contributed by atoms with Crippen LogP contribution < -0.4 is 10.6 Å². The third-order valence-electron chi connectivity index (χ3n) is 4.20. The van der Waals surface area contributed by atoms with Crippen molar-refractivity contribution in [2.24, 2.45) is 5.92 Å². The first-order chi connectivity index (χ1) is 10.3. The van der Waals surface area contributed by atoms with Crippen LogP contribution in [-0.4, -0.2) is 43.0 Å². The molecule has 5 heteroatoms. The quantitative estimate of drug-likeness (QED) is 0.723. The van der Waals surface area contributed by atoms with E-state index in [2.05, 4.69) is 24.5 Å². The number of nitrogens with one attached hydrogen (secondary N) is 2. The fourth-order valence-electron chi connectivity index (χ4n) is 2.75. The van der Waals surface area contributed by atoms with Gasteiger partial charge < -0.3 is 20.1 Å². The molecule has 3 unspecified atom stereocenters. The second-order valence-electron chi connectivity index (χ2n) is 7.10. The van der Waals surface area contributed by atoms with Crippen LogP contribution in [0.4, 0.5) is 4.79 Å². The zero-order valence-electron chi connectivity index (χ0n) is 15.1. The van der Waals surface area contributed by atoms with Crippen molar-refractivity contribution in [3.05, 3.63) is 0 Å². The summed E-state index contributed by atoms with van der Waals surface area (Å²) in [5, 5.41) is 6.55. The molecule has 22 heavy (non-hydrogen) atoms. The molecule has 1 aliphatic rings. The summed E-state index contributed by atoms with van der Waals surface area (Å²) in [6.45, 7) is 13.7. The van der Waals surface area contributed by atoms with Gasteiger partial charge in [0.25, 0.3) is 0 Å². The zero-order valence-corrected chi connectivity index (χ0v) is 15.1. The number of hydrogen-bond acceptors (Lipinski definition) is 4. The predicted molar refractivity (Wildman–Crippen MR) is 89.1 cm³/mol. The number of carbonyl (C=O) groups excluding carboxylic acids is 1. The molecule has 0 aliphatic heterocycles. The van der Waals surface area contributed by atoms with Crippen LogP contribution in [0.3, 0.4) is 0 Å². The van der Waals surface area contributed by atoms with Crippen molar-refractivity contribution in [3.63, 3.8) is 0 Å². The molecule has 0 aromatic heterocycles. The first kappa shape index (κ1) is 19.2. The summed E-state index contributed by atoms with van der Waals surface area (Å²) in [4.78, 5) is 11.9. The van der Waals surface area contributed by atoms with Crippen LogP contribution in [-0.2, 0) is 9.47 Å². The van der Waals surface area contributed by atoms with E-state index in [-0.39, 0.29) is 24.3 Å². The van der Waals surface area contributed by atoms with E-state index in [0.29, 0.717) is 12.5 Å². The van der Waals surface area contributed by atoms with Crippen molar-refractivity contribution >= 4 is 6.09 Å². The molecule has 1 rings (SSSR count). The predicted octanol–water partition coefficient (Wildman–Crippen LogP) is 3.08. The monoisotopic (exact) mass is 314 g/mol. The number of amides is 1. The molecule has 1 amide bonds. The van der Waals surface area contributed by atoms with Gasteiger partial charge in [-0.2, -0.15) is 0 Å². The molecule has 5 nitrogen and oxygen atoms in total. The van der Waals surface area contributed by atoms with Crippen molar-refractivity contribution in [1.29, 1.82) is 0 Å². The molecule has 1 fully saturated rings. The summed E-state index contributed by atoms with van der Waals surface area (Å²) in [6, 6.07) is 0.258. The van der Waals surface area contributed by atoms with Crippen molar-refractivity contribution in [1.82, 2.24) is 10.6 Å². The van der Waals surface area contributed by atoms with Crippen LogP contribution in [0.5, 0.6) is 0 Å². The van der Waals surface area contributed by atoms with Gasteiger partial charge in [-0.15, -0.1) is 0 Å². The van der Waals surface area contributed by atoms with Gasteiger partial charge in [-0.3, -0.25) is 0 Å². The fraction of sp³-hybridized carbons (Fsp3) is 0.941. The van der Waals surface area contributed by atoms with E-state index in [4.69, 9.17) is 9.47 Å². The Bertz CT molecular complexity index is 337. The molecule has 0 saturated heterocycles. The molecule has 0 radical (unpaired) electrons. The summed E-state index contributed by atoms with van der Waals surface area (Å²) >= 11 is 0. The lowest BCUT2D eigenvalue weighted by Gasteiger charge is -2.45. The highest BCUT2D eigenvalue weighted by Crippen LogP contribution is 2.25. The van der Waals surface area contributed by atoms with Gasteiger partial charge in [-0.1, -0.05) is 26.7 Å². The first-order valence-electron chi connectivity index (χ1n) is 8.65. The second-order valence-corrected chi connectivity index (χ2v) is 7.10. The van der Waals surface area contributed by atoms with Gasteiger partial charge in [-0.05, 0) is 46.6 Å². The average Bonchev–Trinajstić information content (AvgIpc) is 2.40. The van der Waals surface area contributed by atoms with Gasteiger partial charge in [0.2, 0.25) is 0 Å². The van der Waals surface area contributed by atoms with E-state index in [1.165, 1.54) is 12.8 Å². The maximum absolute atomic E-state index is 11.9. The van der Waals surface area contributed by atoms with Crippen molar-refractivity contribution in [2.75, 3.05) is 13.2 Å². The maximum atomic E-state index is 11.9. The molecule has 1 saturated carbocycles. The Morgan fingerprint density at radius 2 is 1.86 bits per heavy atom. The molecule has 0 heterocycles. The van der Waals surface area contributed by atoms with Gasteiger partial charge in [0.05, 0.1) is 18.2 Å². The van der Waals surface area contributed by atoms with Crippen LogP contribution in [0.1, 0.15) is 60.8 Å². The molecule has 3 atom stereocenters. The summed E-state index contributed by atoms with van der Waals surface area (Å²) in [5.41, 5.74) is -0.467. The van der Waals surface area contributed by atoms with Crippen LogP contribution in [0.15, 0.2) is 0 Å². The third-order valence-corrected chi connectivity index (χ3v) is 4.20. The summed E-state index contributed by atoms with van der Waals surface area (Å²) < 4.78 is 11.1. The second kappa shape index (κ2) is 8.73. The molecule has 130 valence electrons. The number of rotatable bonds is 8. The molecule has 1 aliphatic carbocycles. The number of carbonyl (C=O) groups is 1. The Balaban J connectivity index is 2.49. The molecule has 0 aromatic rings. The SMILES string of the molecule is CCOC1CC(NC(=O)OC(C)(C)C)C1NCC(CC)CC. The maximum Gasteiger partial charge on any atom is 0.407 e. The Labute approximate surface area is 135 Å². The largest absolute Gasteiger partial charge is 0.444 e. The molecule has 0 bridgehead atoms. The average molecular weight is 314 g/mol. The molecule has 0 aromatic carbocycles. The Hall–Kier alpha value is -0.810. The smallest absolute Gasteiger partial charge is 0.407 e. The van der Waals surface area contributed by atoms with Gasteiger partial charge in [0, 0.05) is 6.61 Å². The topological polar surface area (TPSA) is 59.6 Å². The summed E-state index contributed by atoms with van der Waals surface area (Å²) in [5.74, 6) is 0.671. The lowest BCUT2D eigenvalue weighted by molar-refractivity contribution is -0.0442. The fourth-order valence-corrected chi connectivity index (χ4v) is 2.75. The molecule has 2 N–H and O–H groups in total. The third kappa shape index (κ3) is 6.13. The zero-order chi connectivity index (χ0) is 16.8. The lowest BCUT2D eigenvalue weighted by Crippen LogP contribution is -2.66. The van der Waals surface area contributed by atoms with Crippen molar-refractivity contribution in [3.8, 4) is 0 Å². The lowest BCUT2D eigenvalue weighted by atomic mass is 9.82. The van der Waals surface area contributed by atoms with Gasteiger partial charge in [-0.25, -0.2) is 4.79 Å². The van der Waals surface area contributed by atoms with Crippen LogP contribution >= 0.6 is 0 Å².